The number of carbonyl (C=O) groups is 1. The normalized spacial score (nSPS) is 15.8. The summed E-state index contributed by atoms with van der Waals surface area (Å²) in [4.78, 5) is 12.6. The van der Waals surface area contributed by atoms with Crippen LogP contribution < -0.4 is 21.7 Å². The maximum atomic E-state index is 12.6. The smallest absolute Gasteiger partial charge is 0.227 e. The highest BCUT2D eigenvalue weighted by Crippen LogP contribution is 2.21. The summed E-state index contributed by atoms with van der Waals surface area (Å²) < 4.78 is 7.44. The van der Waals surface area contributed by atoms with Crippen LogP contribution in [0.4, 0.5) is 0 Å². The summed E-state index contributed by atoms with van der Waals surface area (Å²) in [5, 5.41) is 0. The number of methoxy groups -OCH3 is 1. The Morgan fingerprint density at radius 1 is 1.25 bits per heavy atom. The number of ketones is 1. The second kappa shape index (κ2) is 7.75. The van der Waals surface area contributed by atoms with E-state index in [4.69, 9.17) is 4.74 Å². The van der Waals surface area contributed by atoms with Gasteiger partial charge in [-0.15, -0.1) is 0 Å². The number of fused-ring (bicyclic) bond motifs is 1. The first-order chi connectivity index (χ1) is 11.1. The van der Waals surface area contributed by atoms with E-state index in [1.807, 2.05) is 43.3 Å². The maximum Gasteiger partial charge on any atom is 0.227 e. The molecule has 1 aliphatic heterocycles. The molecule has 0 spiro atoms. The molecule has 3 rings (SSSR count). The molecule has 2 aromatic rings. The van der Waals surface area contributed by atoms with Crippen molar-refractivity contribution in [3.05, 3.63) is 64.7 Å². The van der Waals surface area contributed by atoms with Gasteiger partial charge in [0, 0.05) is 17.5 Å². The summed E-state index contributed by atoms with van der Waals surface area (Å²) in [5.74, 6) is 1.01. The van der Waals surface area contributed by atoms with Gasteiger partial charge in [0.1, 0.15) is 5.75 Å². The molecule has 0 bridgehead atoms. The lowest BCUT2D eigenvalue weighted by molar-refractivity contribution is -0.546. The van der Waals surface area contributed by atoms with Crippen LogP contribution in [0.25, 0.3) is 0 Å². The summed E-state index contributed by atoms with van der Waals surface area (Å²) in [7, 11) is 1.67. The summed E-state index contributed by atoms with van der Waals surface area (Å²) in [6.07, 6.45) is 3.03. The SMILES string of the molecule is COc1ccc2c(c1)C=[N+](CC(=O)c1ccccc1C)C(C)C2.[Br-]. The highest BCUT2D eigenvalue weighted by atomic mass is 79.9. The van der Waals surface area contributed by atoms with E-state index < -0.39 is 0 Å². The first-order valence-corrected chi connectivity index (χ1v) is 7.95. The molecule has 126 valence electrons. The third-order valence-electron chi connectivity index (χ3n) is 4.51. The predicted octanol–water partition coefficient (Wildman–Crippen LogP) is 0.267. The Kier molecular flexibility index (Phi) is 5.94. The third kappa shape index (κ3) is 3.75. The fourth-order valence-corrected chi connectivity index (χ4v) is 3.09. The van der Waals surface area contributed by atoms with E-state index >= 15 is 0 Å². The van der Waals surface area contributed by atoms with Crippen molar-refractivity contribution in [3.63, 3.8) is 0 Å². The summed E-state index contributed by atoms with van der Waals surface area (Å²) in [6, 6.07) is 14.2. The number of ether oxygens (including phenoxy) is 1. The van der Waals surface area contributed by atoms with Crippen molar-refractivity contribution in [3.8, 4) is 5.75 Å². The molecule has 0 N–H and O–H groups in total. The van der Waals surface area contributed by atoms with Crippen LogP contribution in [0.1, 0.15) is 34.0 Å². The molecule has 1 aliphatic rings. The molecule has 0 amide bonds. The van der Waals surface area contributed by atoms with E-state index in [0.29, 0.717) is 12.6 Å². The lowest BCUT2D eigenvalue weighted by Crippen LogP contribution is -3.00. The number of aryl methyl sites for hydroxylation is 1. The highest BCUT2D eigenvalue weighted by Gasteiger charge is 2.26. The third-order valence-corrected chi connectivity index (χ3v) is 4.51. The fourth-order valence-electron chi connectivity index (χ4n) is 3.09. The van der Waals surface area contributed by atoms with E-state index in [9.17, 15) is 4.79 Å². The van der Waals surface area contributed by atoms with Crippen molar-refractivity contribution < 1.29 is 31.1 Å². The number of nitrogens with zero attached hydrogens (tertiary/aromatic N) is 1. The number of hydrogen-bond donors (Lipinski definition) is 0. The topological polar surface area (TPSA) is 29.3 Å². The Hall–Kier alpha value is -1.94. The lowest BCUT2D eigenvalue weighted by atomic mass is 9.96. The number of hydrogen-bond acceptors (Lipinski definition) is 2. The fraction of sp³-hybridized carbons (Fsp3) is 0.300. The number of benzene rings is 2. The van der Waals surface area contributed by atoms with Gasteiger partial charge in [0.2, 0.25) is 12.3 Å². The predicted molar refractivity (Wildman–Crippen MR) is 92.0 cm³/mol. The zero-order valence-corrected chi connectivity index (χ0v) is 15.8. The summed E-state index contributed by atoms with van der Waals surface area (Å²) >= 11 is 0. The zero-order chi connectivity index (χ0) is 16.4. The monoisotopic (exact) mass is 387 g/mol. The summed E-state index contributed by atoms with van der Waals surface area (Å²) in [5.41, 5.74) is 4.28. The number of rotatable bonds is 4. The Morgan fingerprint density at radius 3 is 2.71 bits per heavy atom. The molecule has 0 saturated carbocycles. The van der Waals surface area contributed by atoms with Crippen LogP contribution in [0.5, 0.6) is 5.75 Å². The van der Waals surface area contributed by atoms with E-state index in [1.54, 1.807) is 7.11 Å². The van der Waals surface area contributed by atoms with Crippen molar-refractivity contribution in [1.82, 2.24) is 0 Å². The van der Waals surface area contributed by atoms with E-state index in [-0.39, 0.29) is 22.8 Å². The maximum absolute atomic E-state index is 12.6. The van der Waals surface area contributed by atoms with Crippen LogP contribution in [0.15, 0.2) is 42.5 Å². The van der Waals surface area contributed by atoms with Crippen LogP contribution in [-0.4, -0.2) is 36.3 Å². The van der Waals surface area contributed by atoms with Gasteiger partial charge in [-0.2, -0.15) is 0 Å². The van der Waals surface area contributed by atoms with Gasteiger partial charge in [0.25, 0.3) is 0 Å². The molecule has 0 fully saturated rings. The molecule has 0 aromatic heterocycles. The van der Waals surface area contributed by atoms with Crippen molar-refractivity contribution >= 4 is 12.0 Å². The standard InChI is InChI=1S/C20H22NO2.BrH/c1-14-6-4-5-7-19(14)20(22)13-21-12-17-11-18(23-3)9-8-16(17)10-15(21)2;/h4-9,11-12,15H,10,13H2,1-3H3;1H/q+1;/p-1. The average molecular weight is 388 g/mol. The van der Waals surface area contributed by atoms with Crippen LogP contribution >= 0.6 is 0 Å². The molecular formula is C20H22BrNO2. The second-order valence-corrected chi connectivity index (χ2v) is 6.16. The van der Waals surface area contributed by atoms with Gasteiger partial charge in [-0.25, -0.2) is 4.58 Å². The minimum absolute atomic E-state index is 0. The minimum atomic E-state index is 0. The van der Waals surface area contributed by atoms with Crippen molar-refractivity contribution in [1.29, 1.82) is 0 Å². The number of Topliss-reactive ketones (excluding diaryl/α,β-unsaturated/α-hetero) is 1. The van der Waals surface area contributed by atoms with Gasteiger partial charge < -0.3 is 21.7 Å². The Labute approximate surface area is 153 Å². The lowest BCUT2D eigenvalue weighted by Gasteiger charge is -2.19. The van der Waals surface area contributed by atoms with Crippen molar-refractivity contribution in [2.45, 2.75) is 26.3 Å². The molecule has 1 heterocycles. The molecular weight excluding hydrogens is 366 g/mol. The Balaban J connectivity index is 0.00000208. The average Bonchev–Trinajstić information content (AvgIpc) is 2.55. The molecule has 24 heavy (non-hydrogen) atoms. The quantitative estimate of drug-likeness (QED) is 0.556. The minimum Gasteiger partial charge on any atom is -1.00 e. The van der Waals surface area contributed by atoms with Crippen LogP contribution in [-0.2, 0) is 6.42 Å². The Bertz CT molecular complexity index is 783. The first kappa shape index (κ1) is 18.4. The van der Waals surface area contributed by atoms with Gasteiger partial charge in [-0.05, 0) is 37.1 Å². The summed E-state index contributed by atoms with van der Waals surface area (Å²) in [6.45, 7) is 4.55. The van der Waals surface area contributed by atoms with Gasteiger partial charge in [0.05, 0.1) is 7.11 Å². The molecule has 2 aromatic carbocycles. The van der Waals surface area contributed by atoms with E-state index in [0.717, 1.165) is 28.9 Å². The molecule has 1 atom stereocenters. The second-order valence-electron chi connectivity index (χ2n) is 6.16. The van der Waals surface area contributed by atoms with Crippen molar-refractivity contribution in [2.24, 2.45) is 0 Å². The van der Waals surface area contributed by atoms with Crippen molar-refractivity contribution in [2.75, 3.05) is 13.7 Å². The molecule has 0 radical (unpaired) electrons. The molecule has 0 aliphatic carbocycles. The van der Waals surface area contributed by atoms with Gasteiger partial charge in [-0.3, -0.25) is 4.79 Å². The van der Waals surface area contributed by atoms with Crippen LogP contribution in [0, 0.1) is 6.92 Å². The molecule has 1 unspecified atom stereocenters. The number of carbonyl (C=O) groups excluding carboxylic acids is 1. The largest absolute Gasteiger partial charge is 1.00 e. The van der Waals surface area contributed by atoms with Gasteiger partial charge in [0.15, 0.2) is 12.3 Å². The van der Waals surface area contributed by atoms with Gasteiger partial charge >= 0.3 is 0 Å². The first-order valence-electron chi connectivity index (χ1n) is 7.95. The Morgan fingerprint density at radius 2 is 2.00 bits per heavy atom. The molecule has 3 nitrogen and oxygen atoms in total. The van der Waals surface area contributed by atoms with E-state index in [1.165, 1.54) is 5.56 Å². The number of halogens is 1. The highest BCUT2D eigenvalue weighted by molar-refractivity contribution is 5.98. The zero-order valence-electron chi connectivity index (χ0n) is 14.3. The van der Waals surface area contributed by atoms with Crippen LogP contribution in [0.3, 0.4) is 0 Å². The van der Waals surface area contributed by atoms with E-state index in [2.05, 4.69) is 23.8 Å². The van der Waals surface area contributed by atoms with Gasteiger partial charge in [-0.1, -0.05) is 30.3 Å². The molecule has 0 saturated heterocycles. The van der Waals surface area contributed by atoms with Crippen LogP contribution in [0.2, 0.25) is 0 Å². The molecule has 4 heteroatoms.